The predicted molar refractivity (Wildman–Crippen MR) is 67.4 cm³/mol. The lowest BCUT2D eigenvalue weighted by Crippen LogP contribution is -2.30. The largest absolute Gasteiger partial charge is 0.468 e. The van der Waals surface area contributed by atoms with Gasteiger partial charge in [-0.25, -0.2) is 0 Å². The van der Waals surface area contributed by atoms with Gasteiger partial charge >= 0.3 is 0 Å². The quantitative estimate of drug-likeness (QED) is 0.803. The van der Waals surface area contributed by atoms with Crippen LogP contribution in [0.3, 0.4) is 0 Å². The van der Waals surface area contributed by atoms with E-state index in [-0.39, 0.29) is 0 Å². The van der Waals surface area contributed by atoms with E-state index in [1.165, 1.54) is 11.1 Å². The maximum absolute atomic E-state index is 6.03. The molecule has 0 unspecified atom stereocenters. The molecule has 17 heavy (non-hydrogen) atoms. The van der Waals surface area contributed by atoms with E-state index in [1.807, 2.05) is 24.3 Å². The van der Waals surface area contributed by atoms with Crippen molar-refractivity contribution in [3.05, 3.63) is 53.5 Å². The molecule has 3 heteroatoms. The molecule has 2 heterocycles. The molecule has 0 bridgehead atoms. The van der Waals surface area contributed by atoms with Gasteiger partial charge in [0.05, 0.1) is 12.8 Å². The number of nitrogen functional groups attached to an aromatic ring is 1. The summed E-state index contributed by atoms with van der Waals surface area (Å²) in [5.74, 6) is 1.02. The molecule has 2 aromatic rings. The monoisotopic (exact) mass is 228 g/mol. The summed E-state index contributed by atoms with van der Waals surface area (Å²) in [7, 11) is 0. The van der Waals surface area contributed by atoms with Crippen LogP contribution in [-0.4, -0.2) is 11.4 Å². The summed E-state index contributed by atoms with van der Waals surface area (Å²) < 4.78 is 5.38. The van der Waals surface area contributed by atoms with Crippen molar-refractivity contribution in [2.24, 2.45) is 0 Å². The highest BCUT2D eigenvalue weighted by molar-refractivity contribution is 5.51. The van der Waals surface area contributed by atoms with Crippen molar-refractivity contribution in [3.63, 3.8) is 0 Å². The fraction of sp³-hybridized carbons (Fsp3) is 0.286. The Labute approximate surface area is 101 Å². The molecule has 0 fully saturated rings. The minimum absolute atomic E-state index is 0.862. The first kappa shape index (κ1) is 10.4. The number of nitrogens with zero attached hydrogens (tertiary/aromatic N) is 1. The maximum Gasteiger partial charge on any atom is 0.117 e. The number of hydrogen-bond acceptors (Lipinski definition) is 3. The van der Waals surface area contributed by atoms with Crippen LogP contribution >= 0.6 is 0 Å². The van der Waals surface area contributed by atoms with Crippen LogP contribution in [0.5, 0.6) is 0 Å². The molecule has 0 atom stereocenters. The SMILES string of the molecule is Nc1cccc2c1CN(Cc1ccco1)CC2. The fourth-order valence-corrected chi connectivity index (χ4v) is 2.42. The van der Waals surface area contributed by atoms with Gasteiger partial charge in [-0.1, -0.05) is 12.1 Å². The topological polar surface area (TPSA) is 42.4 Å². The Balaban J connectivity index is 1.78. The number of rotatable bonds is 2. The summed E-state index contributed by atoms with van der Waals surface area (Å²) in [5, 5.41) is 0. The van der Waals surface area contributed by atoms with Crippen LogP contribution in [0.2, 0.25) is 0 Å². The average Bonchev–Trinajstić information content (AvgIpc) is 2.83. The van der Waals surface area contributed by atoms with Gasteiger partial charge in [-0.2, -0.15) is 0 Å². The second-order valence-electron chi connectivity index (χ2n) is 4.52. The minimum atomic E-state index is 0.862. The Bertz CT molecular complexity index is 505. The van der Waals surface area contributed by atoms with Gasteiger partial charge in [0, 0.05) is 18.8 Å². The Hall–Kier alpha value is -1.74. The van der Waals surface area contributed by atoms with Crippen LogP contribution in [0.4, 0.5) is 5.69 Å². The van der Waals surface area contributed by atoms with Crippen LogP contribution in [0.25, 0.3) is 0 Å². The lowest BCUT2D eigenvalue weighted by atomic mass is 9.98. The summed E-state index contributed by atoms with van der Waals surface area (Å²) in [5.41, 5.74) is 9.61. The summed E-state index contributed by atoms with van der Waals surface area (Å²) in [4.78, 5) is 2.37. The van der Waals surface area contributed by atoms with Gasteiger partial charge < -0.3 is 10.2 Å². The van der Waals surface area contributed by atoms with Crippen LogP contribution in [0.15, 0.2) is 41.0 Å². The molecule has 1 aliphatic heterocycles. The molecule has 1 aliphatic rings. The van der Waals surface area contributed by atoms with Gasteiger partial charge in [0.25, 0.3) is 0 Å². The van der Waals surface area contributed by atoms with E-state index >= 15 is 0 Å². The van der Waals surface area contributed by atoms with E-state index in [0.29, 0.717) is 0 Å². The first-order valence-electron chi connectivity index (χ1n) is 5.94. The molecule has 88 valence electrons. The molecule has 3 rings (SSSR count). The predicted octanol–water partition coefficient (Wildman–Crippen LogP) is 2.42. The highest BCUT2D eigenvalue weighted by Gasteiger charge is 2.18. The van der Waals surface area contributed by atoms with Crippen molar-refractivity contribution in [1.29, 1.82) is 0 Å². The van der Waals surface area contributed by atoms with Crippen molar-refractivity contribution in [2.75, 3.05) is 12.3 Å². The van der Waals surface area contributed by atoms with Crippen LogP contribution in [0.1, 0.15) is 16.9 Å². The molecule has 0 radical (unpaired) electrons. The molecule has 0 saturated heterocycles. The zero-order valence-electron chi connectivity index (χ0n) is 9.73. The standard InChI is InChI=1S/C14H16N2O/c15-14-5-1-3-11-6-7-16(10-13(11)14)9-12-4-2-8-17-12/h1-5,8H,6-7,9-10,15H2. The van der Waals surface area contributed by atoms with Gasteiger partial charge in [0.15, 0.2) is 0 Å². The zero-order chi connectivity index (χ0) is 11.7. The Morgan fingerprint density at radius 2 is 2.18 bits per heavy atom. The molecule has 0 amide bonds. The molecule has 0 spiro atoms. The average molecular weight is 228 g/mol. The van der Waals surface area contributed by atoms with E-state index in [1.54, 1.807) is 6.26 Å². The first-order chi connectivity index (χ1) is 8.33. The van der Waals surface area contributed by atoms with E-state index in [4.69, 9.17) is 10.2 Å². The molecular formula is C14H16N2O. The van der Waals surface area contributed by atoms with Gasteiger partial charge in [0.2, 0.25) is 0 Å². The number of anilines is 1. The van der Waals surface area contributed by atoms with Crippen molar-refractivity contribution in [2.45, 2.75) is 19.5 Å². The first-order valence-corrected chi connectivity index (χ1v) is 5.94. The Kier molecular flexibility index (Phi) is 2.61. The Morgan fingerprint density at radius 3 is 3.00 bits per heavy atom. The molecule has 1 aromatic carbocycles. The molecule has 3 nitrogen and oxygen atoms in total. The number of hydrogen-bond donors (Lipinski definition) is 1. The third kappa shape index (κ3) is 2.06. The summed E-state index contributed by atoms with van der Waals surface area (Å²) in [6, 6.07) is 10.1. The van der Waals surface area contributed by atoms with Gasteiger partial charge in [-0.3, -0.25) is 4.90 Å². The maximum atomic E-state index is 6.03. The molecule has 0 aliphatic carbocycles. The van der Waals surface area contributed by atoms with Gasteiger partial charge in [-0.15, -0.1) is 0 Å². The fourth-order valence-electron chi connectivity index (χ4n) is 2.42. The van der Waals surface area contributed by atoms with Crippen LogP contribution in [0, 0.1) is 0 Å². The number of furan rings is 1. The van der Waals surface area contributed by atoms with Crippen molar-refractivity contribution < 1.29 is 4.42 Å². The molecule has 0 saturated carbocycles. The third-order valence-corrected chi connectivity index (χ3v) is 3.35. The number of fused-ring (bicyclic) bond motifs is 1. The molecule has 1 aromatic heterocycles. The third-order valence-electron chi connectivity index (χ3n) is 3.35. The van der Waals surface area contributed by atoms with Crippen LogP contribution in [-0.2, 0) is 19.5 Å². The number of benzene rings is 1. The van der Waals surface area contributed by atoms with E-state index in [0.717, 1.165) is 37.5 Å². The van der Waals surface area contributed by atoms with E-state index < -0.39 is 0 Å². The van der Waals surface area contributed by atoms with Crippen molar-refractivity contribution in [3.8, 4) is 0 Å². The zero-order valence-corrected chi connectivity index (χ0v) is 9.73. The van der Waals surface area contributed by atoms with Gasteiger partial charge in [-0.05, 0) is 35.7 Å². The summed E-state index contributed by atoms with van der Waals surface area (Å²) >= 11 is 0. The normalized spacial score (nSPS) is 15.8. The van der Waals surface area contributed by atoms with E-state index in [9.17, 15) is 0 Å². The summed E-state index contributed by atoms with van der Waals surface area (Å²) in [6.45, 7) is 2.85. The van der Waals surface area contributed by atoms with Gasteiger partial charge in [0.1, 0.15) is 5.76 Å². The Morgan fingerprint density at radius 1 is 1.24 bits per heavy atom. The van der Waals surface area contributed by atoms with Crippen molar-refractivity contribution >= 4 is 5.69 Å². The lowest BCUT2D eigenvalue weighted by Gasteiger charge is -2.28. The van der Waals surface area contributed by atoms with Crippen LogP contribution < -0.4 is 5.73 Å². The minimum Gasteiger partial charge on any atom is -0.468 e. The highest BCUT2D eigenvalue weighted by atomic mass is 16.3. The second-order valence-corrected chi connectivity index (χ2v) is 4.52. The molecular weight excluding hydrogens is 212 g/mol. The van der Waals surface area contributed by atoms with Crippen molar-refractivity contribution in [1.82, 2.24) is 4.90 Å². The highest BCUT2D eigenvalue weighted by Crippen LogP contribution is 2.25. The molecule has 2 N–H and O–H groups in total. The van der Waals surface area contributed by atoms with E-state index in [2.05, 4.69) is 11.0 Å². The smallest absolute Gasteiger partial charge is 0.117 e. The number of nitrogens with two attached hydrogens (primary N) is 1. The lowest BCUT2D eigenvalue weighted by molar-refractivity contribution is 0.226. The second kappa shape index (κ2) is 4.26. The summed E-state index contributed by atoms with van der Waals surface area (Å²) in [6.07, 6.45) is 2.79.